The molecule has 16 nitrogen and oxygen atoms in total. The summed E-state index contributed by atoms with van der Waals surface area (Å²) in [5.41, 5.74) is -5.33. The van der Waals surface area contributed by atoms with Crippen LogP contribution in [0.3, 0.4) is 0 Å². The molecule has 6 aromatic carbocycles. The second-order valence-electron chi connectivity index (χ2n) is 19.8. The minimum atomic E-state index is -2.81. The zero-order valence-corrected chi connectivity index (χ0v) is 46.4. The first-order chi connectivity index (χ1) is 42.0. The molecule has 0 atom stereocenters. The number of hydrogen-bond donors (Lipinski definition) is 0. The van der Waals surface area contributed by atoms with Crippen LogP contribution in [0.2, 0.25) is 0 Å². The van der Waals surface area contributed by atoms with Crippen LogP contribution >= 0.6 is 22.7 Å². The number of hydrogen-bond acceptors (Lipinski definition) is 18. The summed E-state index contributed by atoms with van der Waals surface area (Å²) in [5, 5.41) is 40.9. The van der Waals surface area contributed by atoms with Crippen molar-refractivity contribution >= 4 is 102 Å². The highest BCUT2D eigenvalue weighted by Crippen LogP contribution is 2.69. The zero-order valence-electron chi connectivity index (χ0n) is 44.7. The fraction of sp³-hybridized carbons (Fsp3) is 0.0882. The van der Waals surface area contributed by atoms with Gasteiger partial charge in [-0.25, -0.2) is 9.98 Å². The van der Waals surface area contributed by atoms with Gasteiger partial charge < -0.3 is 18.9 Å². The minimum Gasteiger partial charge on any atom is -0.459 e. The van der Waals surface area contributed by atoms with Crippen molar-refractivity contribution < 1.29 is 47.7 Å². The largest absolute Gasteiger partial charge is 0.459 e. The SMILES string of the molecule is N#CC(C#N)=C1C(=Nc2cc3c(s2)C2=C(c4sc(N=C5C(=O)c6ccccc6C5=C(C#N)C#N)cc4C2(C(=O)OCc2ccccc2)C(=O)OCc2ccccc2)C3(C(=O)OCc2ccccc2)C(=O)OCc2ccccc2)C(=O)c2ccccc21. The van der Waals surface area contributed by atoms with Gasteiger partial charge in [-0.05, 0) is 45.5 Å². The van der Waals surface area contributed by atoms with Crippen molar-refractivity contribution in [1.82, 2.24) is 0 Å². The molecule has 2 heterocycles. The van der Waals surface area contributed by atoms with Gasteiger partial charge in [0.2, 0.25) is 22.4 Å². The lowest BCUT2D eigenvalue weighted by Crippen LogP contribution is -2.45. The molecule has 86 heavy (non-hydrogen) atoms. The molecular formula is C68H38N6O10S2. The highest BCUT2D eigenvalue weighted by atomic mass is 32.1. The Kier molecular flexibility index (Phi) is 14.5. The molecule has 0 saturated heterocycles. The van der Waals surface area contributed by atoms with Crippen molar-refractivity contribution in [2.24, 2.45) is 9.98 Å². The number of Topliss-reactive ketones (excluding diaryl/α,β-unsaturated/α-hetero) is 2. The van der Waals surface area contributed by atoms with E-state index in [0.717, 1.165) is 22.7 Å². The van der Waals surface area contributed by atoms with Crippen LogP contribution in [-0.4, -0.2) is 46.9 Å². The van der Waals surface area contributed by atoms with E-state index in [1.807, 2.05) is 24.3 Å². The normalized spacial score (nSPS) is 15.3. The van der Waals surface area contributed by atoms with Crippen LogP contribution in [0, 0.1) is 45.3 Å². The molecule has 8 aromatic rings. The summed E-state index contributed by atoms with van der Waals surface area (Å²) in [4.78, 5) is 103. The van der Waals surface area contributed by atoms with E-state index in [2.05, 4.69) is 0 Å². The van der Waals surface area contributed by atoms with Gasteiger partial charge in [0.05, 0.1) is 0 Å². The molecular weight excluding hydrogens is 1120 g/mol. The van der Waals surface area contributed by atoms with Gasteiger partial charge in [-0.1, -0.05) is 170 Å². The quantitative estimate of drug-likeness (QED) is 0.0424. The summed E-state index contributed by atoms with van der Waals surface area (Å²) in [7, 11) is 0. The molecule has 2 aromatic heterocycles. The average molecular weight is 1160 g/mol. The van der Waals surface area contributed by atoms with Crippen LogP contribution < -0.4 is 0 Å². The third-order valence-electron chi connectivity index (χ3n) is 15.0. The number of thiophene rings is 2. The van der Waals surface area contributed by atoms with E-state index in [4.69, 9.17) is 28.9 Å². The molecule has 0 unspecified atom stereocenters. The van der Waals surface area contributed by atoms with E-state index >= 15 is 19.2 Å². The Morgan fingerprint density at radius 2 is 0.663 bits per heavy atom. The summed E-state index contributed by atoms with van der Waals surface area (Å²) < 4.78 is 25.1. The van der Waals surface area contributed by atoms with Crippen LogP contribution in [0.15, 0.2) is 203 Å². The zero-order chi connectivity index (χ0) is 59.7. The molecule has 412 valence electrons. The summed E-state index contributed by atoms with van der Waals surface area (Å²) >= 11 is 1.56. The summed E-state index contributed by atoms with van der Waals surface area (Å²) in [5.74, 6) is -6.24. The average Bonchev–Trinajstić information content (AvgIpc) is 1.49. The number of rotatable bonds is 14. The number of nitriles is 4. The van der Waals surface area contributed by atoms with Crippen LogP contribution in [-0.2, 0) is 75.4 Å². The number of benzene rings is 6. The summed E-state index contributed by atoms with van der Waals surface area (Å²) in [6.45, 7) is -1.63. The predicted octanol–water partition coefficient (Wildman–Crippen LogP) is 11.7. The Bertz CT molecular complexity index is 4150. The molecule has 0 bridgehead atoms. The van der Waals surface area contributed by atoms with Crippen molar-refractivity contribution in [3.05, 3.63) is 259 Å². The summed E-state index contributed by atoms with van der Waals surface area (Å²) in [6.07, 6.45) is 0. The molecule has 12 rings (SSSR count). The number of carbonyl (C=O) groups excluding carboxylic acids is 6. The number of ether oxygens (including phenoxy) is 4. The standard InChI is InChI=1S/C68H38N6O10S2/c69-31-43(32-70)53-45-25-13-15-27-47(45)59(75)57(53)73-51-29-49-61(85-51)56-55(67(49,63(77)81-35-39-17-5-1-6-18-39)64(78)82-36-40-19-7-2-8-20-40)62-50(30-52(86-62)74-58-54(44(33-71)34-72)46-26-14-16-28-48(46)60(58)76)68(56,65(79)83-37-41-21-9-3-10-22-41)66(80)84-38-42-23-11-4-12-24-42/h1-30H,35-38H2. The van der Waals surface area contributed by atoms with Crippen LogP contribution in [0.1, 0.15) is 75.0 Å². The Morgan fingerprint density at radius 1 is 0.395 bits per heavy atom. The Morgan fingerprint density at radius 3 is 0.942 bits per heavy atom. The lowest BCUT2D eigenvalue weighted by molar-refractivity contribution is -0.165. The first-order valence-electron chi connectivity index (χ1n) is 26.4. The van der Waals surface area contributed by atoms with Gasteiger partial charge in [-0.15, -0.1) is 22.7 Å². The molecule has 18 heteroatoms. The van der Waals surface area contributed by atoms with E-state index in [0.29, 0.717) is 22.3 Å². The highest BCUT2D eigenvalue weighted by Gasteiger charge is 2.72. The molecule has 0 spiro atoms. The number of carbonyl (C=O) groups is 6. The maximum atomic E-state index is 16.2. The minimum absolute atomic E-state index is 0.0640. The smallest absolute Gasteiger partial charge is 0.333 e. The molecule has 4 aliphatic rings. The van der Waals surface area contributed by atoms with Gasteiger partial charge in [-0.3, -0.25) is 28.8 Å². The monoisotopic (exact) mass is 1160 g/mol. The van der Waals surface area contributed by atoms with Gasteiger partial charge in [0, 0.05) is 54.3 Å². The number of nitrogens with zero attached hydrogens (tertiary/aromatic N) is 6. The second-order valence-corrected chi connectivity index (χ2v) is 21.8. The molecule has 0 amide bonds. The topological polar surface area (TPSA) is 259 Å². The molecule has 0 N–H and O–H groups in total. The van der Waals surface area contributed by atoms with E-state index in [1.165, 1.54) is 24.3 Å². The van der Waals surface area contributed by atoms with E-state index in [1.54, 1.807) is 158 Å². The maximum Gasteiger partial charge on any atom is 0.333 e. The summed E-state index contributed by atoms with van der Waals surface area (Å²) in [6, 6.07) is 57.2. The van der Waals surface area contributed by atoms with E-state index < -0.39 is 83.8 Å². The lowest BCUT2D eigenvalue weighted by atomic mass is 9.76. The predicted molar refractivity (Wildman–Crippen MR) is 316 cm³/mol. The maximum absolute atomic E-state index is 16.2. The van der Waals surface area contributed by atoms with E-state index in [9.17, 15) is 30.6 Å². The van der Waals surface area contributed by atoms with Gasteiger partial charge in [-0.2, -0.15) is 21.0 Å². The number of esters is 4. The first kappa shape index (κ1) is 55.0. The van der Waals surface area contributed by atoms with Gasteiger partial charge in [0.1, 0.15) is 83.3 Å². The van der Waals surface area contributed by atoms with Crippen molar-refractivity contribution in [2.45, 2.75) is 37.3 Å². The number of ketones is 2. The molecule has 0 radical (unpaired) electrons. The van der Waals surface area contributed by atoms with Gasteiger partial charge in [0.25, 0.3) is 0 Å². The van der Waals surface area contributed by atoms with Crippen LogP contribution in [0.5, 0.6) is 0 Å². The molecule has 4 aliphatic carbocycles. The first-order valence-corrected chi connectivity index (χ1v) is 28.1. The third kappa shape index (κ3) is 9.03. The lowest BCUT2D eigenvalue weighted by Gasteiger charge is -2.29. The number of fused-ring (bicyclic) bond motifs is 6. The molecule has 0 fully saturated rings. The highest BCUT2D eigenvalue weighted by molar-refractivity contribution is 7.19. The van der Waals surface area contributed by atoms with Crippen molar-refractivity contribution in [3.8, 4) is 24.3 Å². The number of allylic oxidation sites excluding steroid dienone is 4. The fourth-order valence-corrected chi connectivity index (χ4v) is 13.5. The Balaban J connectivity index is 1.17. The van der Waals surface area contributed by atoms with E-state index in [-0.39, 0.29) is 86.9 Å². The Hall–Kier alpha value is -11.5. The van der Waals surface area contributed by atoms with Crippen LogP contribution in [0.4, 0.5) is 10.0 Å². The third-order valence-corrected chi connectivity index (χ3v) is 17.0. The number of aliphatic imine (C=N–C) groups is 2. The Labute approximate surface area is 498 Å². The van der Waals surface area contributed by atoms with Gasteiger partial charge in [0.15, 0.2) is 0 Å². The van der Waals surface area contributed by atoms with Crippen molar-refractivity contribution in [2.75, 3.05) is 0 Å². The van der Waals surface area contributed by atoms with Crippen molar-refractivity contribution in [3.63, 3.8) is 0 Å². The van der Waals surface area contributed by atoms with Gasteiger partial charge >= 0.3 is 23.9 Å². The van der Waals surface area contributed by atoms with Crippen LogP contribution in [0.25, 0.3) is 22.3 Å². The van der Waals surface area contributed by atoms with Crippen molar-refractivity contribution in [1.29, 1.82) is 21.0 Å². The fourth-order valence-electron chi connectivity index (χ4n) is 11.1. The second kappa shape index (κ2) is 22.7. The molecule has 0 aliphatic heterocycles. The molecule has 0 saturated carbocycles.